The average Bonchev–Trinajstić information content (AvgIpc) is 3.26. The van der Waals surface area contributed by atoms with Crippen molar-refractivity contribution in [3.8, 4) is 22.9 Å². The van der Waals surface area contributed by atoms with E-state index < -0.39 is 17.2 Å². The first-order valence-corrected chi connectivity index (χ1v) is 9.29. The SMILES string of the molecule is Cc1nn(C)cc1-c1ccc(Oc2nc3c(cnn3C(C)C)c(=O)n2C)c(F)c1F. The molecule has 0 atom stereocenters. The van der Waals surface area contributed by atoms with Crippen molar-refractivity contribution in [1.29, 1.82) is 0 Å². The maximum Gasteiger partial charge on any atom is 0.306 e. The third-order valence-corrected chi connectivity index (χ3v) is 4.83. The number of aryl methyl sites for hydroxylation is 2. The highest BCUT2D eigenvalue weighted by molar-refractivity contribution is 5.74. The first-order valence-electron chi connectivity index (χ1n) is 9.29. The molecule has 0 aliphatic heterocycles. The van der Waals surface area contributed by atoms with Gasteiger partial charge in [-0.15, -0.1) is 0 Å². The molecule has 8 nitrogen and oxygen atoms in total. The van der Waals surface area contributed by atoms with Gasteiger partial charge in [0.2, 0.25) is 5.82 Å². The van der Waals surface area contributed by atoms with Crippen LogP contribution in [0.25, 0.3) is 22.2 Å². The first-order chi connectivity index (χ1) is 14.2. The van der Waals surface area contributed by atoms with Gasteiger partial charge in [0.1, 0.15) is 5.39 Å². The lowest BCUT2D eigenvalue weighted by Gasteiger charge is -2.12. The van der Waals surface area contributed by atoms with E-state index in [0.29, 0.717) is 22.3 Å². The monoisotopic (exact) mass is 414 g/mol. The molecule has 4 rings (SSSR count). The van der Waals surface area contributed by atoms with Gasteiger partial charge in [-0.25, -0.2) is 9.07 Å². The first kappa shape index (κ1) is 19.7. The predicted molar refractivity (Wildman–Crippen MR) is 107 cm³/mol. The number of aromatic nitrogens is 6. The average molecular weight is 414 g/mol. The lowest BCUT2D eigenvalue weighted by Crippen LogP contribution is -2.20. The molecule has 0 radical (unpaired) electrons. The second-order valence-electron chi connectivity index (χ2n) is 7.32. The summed E-state index contributed by atoms with van der Waals surface area (Å²) in [6, 6.07) is 2.49. The van der Waals surface area contributed by atoms with Crippen LogP contribution in [0.5, 0.6) is 11.8 Å². The highest BCUT2D eigenvalue weighted by Gasteiger charge is 2.21. The van der Waals surface area contributed by atoms with Crippen LogP contribution in [0.4, 0.5) is 8.78 Å². The summed E-state index contributed by atoms with van der Waals surface area (Å²) in [5.41, 5.74) is 1.03. The highest BCUT2D eigenvalue weighted by atomic mass is 19.2. The van der Waals surface area contributed by atoms with E-state index in [0.717, 1.165) is 4.57 Å². The third kappa shape index (κ3) is 3.04. The van der Waals surface area contributed by atoms with E-state index in [4.69, 9.17) is 4.74 Å². The Morgan fingerprint density at radius 3 is 2.47 bits per heavy atom. The second-order valence-corrected chi connectivity index (χ2v) is 7.32. The Morgan fingerprint density at radius 2 is 1.83 bits per heavy atom. The van der Waals surface area contributed by atoms with Crippen LogP contribution in [-0.4, -0.2) is 29.1 Å². The van der Waals surface area contributed by atoms with Crippen LogP contribution in [0.15, 0.2) is 29.3 Å². The van der Waals surface area contributed by atoms with Crippen LogP contribution >= 0.6 is 0 Å². The van der Waals surface area contributed by atoms with Crippen molar-refractivity contribution in [2.24, 2.45) is 14.1 Å². The fraction of sp³-hybridized carbons (Fsp3) is 0.300. The van der Waals surface area contributed by atoms with Gasteiger partial charge >= 0.3 is 6.01 Å². The summed E-state index contributed by atoms with van der Waals surface area (Å²) < 4.78 is 39.3. The van der Waals surface area contributed by atoms with Crippen molar-refractivity contribution in [1.82, 2.24) is 29.1 Å². The molecule has 0 saturated carbocycles. The standard InChI is InChI=1S/C20H20F2N6O2/c1-10(2)28-18-13(8-23-28)19(29)27(5)20(24-18)30-15-7-6-12(16(21)17(15)22)14-9-26(4)25-11(14)3/h6-10H,1-5H3. The predicted octanol–water partition coefficient (Wildman–Crippen LogP) is 3.49. The van der Waals surface area contributed by atoms with Crippen molar-refractivity contribution in [2.45, 2.75) is 26.8 Å². The highest BCUT2D eigenvalue weighted by Crippen LogP contribution is 2.33. The molecule has 3 aromatic heterocycles. The Balaban J connectivity index is 1.80. The minimum atomic E-state index is -1.18. The van der Waals surface area contributed by atoms with Crippen molar-refractivity contribution in [2.75, 3.05) is 0 Å². The zero-order valence-electron chi connectivity index (χ0n) is 17.1. The molecular weight excluding hydrogens is 394 g/mol. The minimum Gasteiger partial charge on any atom is -0.422 e. The van der Waals surface area contributed by atoms with Gasteiger partial charge in [0.25, 0.3) is 5.56 Å². The van der Waals surface area contributed by atoms with Gasteiger partial charge in [0.15, 0.2) is 17.2 Å². The molecule has 3 heterocycles. The molecule has 0 unspecified atom stereocenters. The van der Waals surface area contributed by atoms with Crippen LogP contribution < -0.4 is 10.3 Å². The fourth-order valence-electron chi connectivity index (χ4n) is 3.30. The van der Waals surface area contributed by atoms with Gasteiger partial charge in [-0.3, -0.25) is 14.0 Å². The molecule has 0 spiro atoms. The van der Waals surface area contributed by atoms with Gasteiger partial charge < -0.3 is 4.74 Å². The molecule has 0 saturated heterocycles. The number of hydrogen-bond acceptors (Lipinski definition) is 5. The van der Waals surface area contributed by atoms with E-state index >= 15 is 0 Å². The van der Waals surface area contributed by atoms with E-state index in [-0.39, 0.29) is 23.4 Å². The van der Waals surface area contributed by atoms with E-state index in [9.17, 15) is 13.6 Å². The van der Waals surface area contributed by atoms with Crippen LogP contribution in [-0.2, 0) is 14.1 Å². The number of benzene rings is 1. The summed E-state index contributed by atoms with van der Waals surface area (Å²) >= 11 is 0. The number of nitrogens with zero attached hydrogens (tertiary/aromatic N) is 6. The Kier molecular flexibility index (Phi) is 4.64. The van der Waals surface area contributed by atoms with E-state index in [1.54, 1.807) is 24.9 Å². The molecule has 0 N–H and O–H groups in total. The molecule has 0 aliphatic carbocycles. The summed E-state index contributed by atoms with van der Waals surface area (Å²) in [5, 5.41) is 8.64. The number of fused-ring (bicyclic) bond motifs is 1. The number of ether oxygens (including phenoxy) is 1. The molecule has 156 valence electrons. The quantitative estimate of drug-likeness (QED) is 0.511. The molecule has 10 heteroatoms. The topological polar surface area (TPSA) is 79.8 Å². The Bertz CT molecular complexity index is 1340. The van der Waals surface area contributed by atoms with Crippen LogP contribution in [0.1, 0.15) is 25.6 Å². The lowest BCUT2D eigenvalue weighted by atomic mass is 10.1. The van der Waals surface area contributed by atoms with E-state index in [1.807, 2.05) is 13.8 Å². The smallest absolute Gasteiger partial charge is 0.306 e. The minimum absolute atomic E-state index is 0.0499. The zero-order valence-corrected chi connectivity index (χ0v) is 17.1. The van der Waals surface area contributed by atoms with Crippen molar-refractivity contribution in [3.05, 3.63) is 52.2 Å². The Hall–Kier alpha value is -3.56. The van der Waals surface area contributed by atoms with Crippen molar-refractivity contribution < 1.29 is 13.5 Å². The molecule has 4 aromatic rings. The largest absolute Gasteiger partial charge is 0.422 e. The van der Waals surface area contributed by atoms with Gasteiger partial charge in [-0.1, -0.05) is 0 Å². The second kappa shape index (κ2) is 7.05. The van der Waals surface area contributed by atoms with E-state index in [2.05, 4.69) is 15.2 Å². The number of hydrogen-bond donors (Lipinski definition) is 0. The van der Waals surface area contributed by atoms with Gasteiger partial charge in [0.05, 0.1) is 11.9 Å². The lowest BCUT2D eigenvalue weighted by molar-refractivity contribution is 0.376. The maximum absolute atomic E-state index is 14.8. The Morgan fingerprint density at radius 1 is 1.10 bits per heavy atom. The van der Waals surface area contributed by atoms with Crippen molar-refractivity contribution in [3.63, 3.8) is 0 Å². The van der Waals surface area contributed by atoms with Gasteiger partial charge in [-0.05, 0) is 32.9 Å². The van der Waals surface area contributed by atoms with Gasteiger partial charge in [0, 0.05) is 37.5 Å². The van der Waals surface area contributed by atoms with E-state index in [1.165, 1.54) is 30.1 Å². The summed E-state index contributed by atoms with van der Waals surface area (Å²) in [6.07, 6.45) is 3.04. The zero-order chi connectivity index (χ0) is 21.7. The number of rotatable bonds is 4. The third-order valence-electron chi connectivity index (χ3n) is 4.83. The number of halogens is 2. The molecule has 0 fully saturated rings. The molecule has 0 aliphatic rings. The van der Waals surface area contributed by atoms with Crippen LogP contribution in [0.3, 0.4) is 0 Å². The maximum atomic E-state index is 14.8. The fourth-order valence-corrected chi connectivity index (χ4v) is 3.30. The normalized spacial score (nSPS) is 11.6. The molecule has 0 amide bonds. The molecule has 30 heavy (non-hydrogen) atoms. The molecule has 1 aromatic carbocycles. The van der Waals surface area contributed by atoms with Crippen molar-refractivity contribution >= 4 is 11.0 Å². The molecular formula is C20H20F2N6O2. The van der Waals surface area contributed by atoms with Crippen LogP contribution in [0.2, 0.25) is 0 Å². The summed E-state index contributed by atoms with van der Waals surface area (Å²) in [5.74, 6) is -2.63. The van der Waals surface area contributed by atoms with Gasteiger partial charge in [-0.2, -0.15) is 19.6 Å². The molecule has 0 bridgehead atoms. The van der Waals surface area contributed by atoms with Crippen LogP contribution in [0, 0.1) is 18.6 Å². The summed E-state index contributed by atoms with van der Waals surface area (Å²) in [4.78, 5) is 16.9. The summed E-state index contributed by atoms with van der Waals surface area (Å²) in [7, 11) is 3.14. The summed E-state index contributed by atoms with van der Waals surface area (Å²) in [6.45, 7) is 5.49. The Labute approximate surface area is 170 Å².